The molecular weight excluding hydrogens is 290 g/mol. The lowest BCUT2D eigenvalue weighted by atomic mass is 10.0. The molecule has 0 aliphatic carbocycles. The van der Waals surface area contributed by atoms with Crippen LogP contribution in [0.15, 0.2) is 54.6 Å². The number of nitrogens with zero attached hydrogens (tertiary/aromatic N) is 1. The largest absolute Gasteiger partial charge is 0.484 e. The lowest BCUT2D eigenvalue weighted by Gasteiger charge is -2.19. The van der Waals surface area contributed by atoms with E-state index >= 15 is 0 Å². The molecule has 2 aromatic carbocycles. The van der Waals surface area contributed by atoms with Crippen molar-refractivity contribution >= 4 is 17.5 Å². The number of carbonyl (C=O) groups excluding carboxylic acids is 2. The first-order valence-electron chi connectivity index (χ1n) is 7.60. The maximum Gasteiger partial charge on any atom is 0.271 e. The summed E-state index contributed by atoms with van der Waals surface area (Å²) in [6.07, 6.45) is 0. The van der Waals surface area contributed by atoms with Crippen LogP contribution in [0.5, 0.6) is 5.75 Å². The normalized spacial score (nSPS) is 10.4. The zero-order valence-electron chi connectivity index (χ0n) is 13.7. The Kier molecular flexibility index (Phi) is 5.52. The number of para-hydroxylation sites is 1. The predicted octanol–water partition coefficient (Wildman–Crippen LogP) is 3.77. The van der Waals surface area contributed by atoms with Gasteiger partial charge < -0.3 is 4.74 Å². The molecule has 2 rings (SSSR count). The number of amides is 2. The molecule has 120 valence electrons. The fourth-order valence-corrected chi connectivity index (χ4v) is 2.24. The smallest absolute Gasteiger partial charge is 0.271 e. The molecule has 0 aliphatic heterocycles. The third-order valence-corrected chi connectivity index (χ3v) is 3.49. The second-order valence-electron chi connectivity index (χ2n) is 5.60. The van der Waals surface area contributed by atoms with E-state index in [1.165, 1.54) is 12.5 Å². The van der Waals surface area contributed by atoms with Gasteiger partial charge >= 0.3 is 0 Å². The highest BCUT2D eigenvalue weighted by Gasteiger charge is 2.20. The molecule has 0 saturated heterocycles. The number of rotatable bonds is 5. The van der Waals surface area contributed by atoms with Crippen molar-refractivity contribution in [1.29, 1.82) is 0 Å². The molecular formula is C19H21NO3. The number of carbonyl (C=O) groups is 2. The first-order valence-corrected chi connectivity index (χ1v) is 7.60. The molecule has 2 aromatic rings. The van der Waals surface area contributed by atoms with Crippen LogP contribution < -0.4 is 9.64 Å². The van der Waals surface area contributed by atoms with E-state index in [4.69, 9.17) is 4.74 Å². The molecule has 23 heavy (non-hydrogen) atoms. The van der Waals surface area contributed by atoms with Crippen molar-refractivity contribution in [3.05, 3.63) is 60.2 Å². The minimum Gasteiger partial charge on any atom is -0.484 e. The van der Waals surface area contributed by atoms with E-state index in [2.05, 4.69) is 13.8 Å². The Hall–Kier alpha value is -2.62. The summed E-state index contributed by atoms with van der Waals surface area (Å²) in [6.45, 7) is 5.41. The Bertz CT molecular complexity index is 663. The highest BCUT2D eigenvalue weighted by Crippen LogP contribution is 2.19. The summed E-state index contributed by atoms with van der Waals surface area (Å²) >= 11 is 0. The average molecular weight is 311 g/mol. The fraction of sp³-hybridized carbons (Fsp3) is 0.263. The number of benzene rings is 2. The second-order valence-corrected chi connectivity index (χ2v) is 5.60. The van der Waals surface area contributed by atoms with Gasteiger partial charge in [0.15, 0.2) is 6.61 Å². The first-order chi connectivity index (χ1) is 11.0. The van der Waals surface area contributed by atoms with Crippen molar-refractivity contribution in [2.45, 2.75) is 26.7 Å². The van der Waals surface area contributed by atoms with Gasteiger partial charge in [0.2, 0.25) is 5.91 Å². The monoisotopic (exact) mass is 311 g/mol. The lowest BCUT2D eigenvalue weighted by molar-refractivity contribution is -0.126. The van der Waals surface area contributed by atoms with Crippen molar-refractivity contribution in [3.63, 3.8) is 0 Å². The molecule has 0 heterocycles. The molecule has 0 unspecified atom stereocenters. The molecule has 0 fully saturated rings. The maximum atomic E-state index is 12.3. The van der Waals surface area contributed by atoms with E-state index in [0.717, 1.165) is 4.90 Å². The number of ether oxygens (including phenoxy) is 1. The summed E-state index contributed by atoms with van der Waals surface area (Å²) in [4.78, 5) is 25.2. The summed E-state index contributed by atoms with van der Waals surface area (Å²) < 4.78 is 5.51. The summed E-state index contributed by atoms with van der Waals surface area (Å²) in [5.74, 6) is 0.327. The Balaban J connectivity index is 2.03. The van der Waals surface area contributed by atoms with Gasteiger partial charge in [-0.15, -0.1) is 0 Å². The first kappa shape index (κ1) is 16.7. The van der Waals surface area contributed by atoms with E-state index in [1.807, 2.05) is 30.3 Å². The minimum atomic E-state index is -0.392. The Morgan fingerprint density at radius 1 is 1.00 bits per heavy atom. The molecule has 4 heteroatoms. The standard InChI is InChI=1S/C19H21NO3/c1-14(2)16-9-11-18(12-10-16)23-13-19(22)20(15(3)21)17-7-5-4-6-8-17/h4-12,14H,13H2,1-3H3. The van der Waals surface area contributed by atoms with Crippen LogP contribution in [0.25, 0.3) is 0 Å². The number of hydrogen-bond acceptors (Lipinski definition) is 3. The number of anilines is 1. The van der Waals surface area contributed by atoms with Gasteiger partial charge in [-0.3, -0.25) is 9.59 Å². The van der Waals surface area contributed by atoms with Gasteiger partial charge in [-0.05, 0) is 35.7 Å². The molecule has 0 radical (unpaired) electrons. The van der Waals surface area contributed by atoms with Crippen molar-refractivity contribution in [3.8, 4) is 5.75 Å². The molecule has 0 spiro atoms. The summed E-state index contributed by atoms with van der Waals surface area (Å²) in [7, 11) is 0. The summed E-state index contributed by atoms with van der Waals surface area (Å²) in [6, 6.07) is 16.5. The van der Waals surface area contributed by atoms with Crippen LogP contribution >= 0.6 is 0 Å². The van der Waals surface area contributed by atoms with E-state index < -0.39 is 5.91 Å². The van der Waals surface area contributed by atoms with Gasteiger partial charge in [0.05, 0.1) is 5.69 Å². The van der Waals surface area contributed by atoms with Crippen LogP contribution in [0.4, 0.5) is 5.69 Å². The van der Waals surface area contributed by atoms with Crippen molar-refractivity contribution in [2.24, 2.45) is 0 Å². The van der Waals surface area contributed by atoms with E-state index in [1.54, 1.807) is 24.3 Å². The maximum absolute atomic E-state index is 12.3. The Labute approximate surface area is 136 Å². The van der Waals surface area contributed by atoms with Crippen LogP contribution in [0.3, 0.4) is 0 Å². The van der Waals surface area contributed by atoms with Crippen molar-refractivity contribution in [2.75, 3.05) is 11.5 Å². The average Bonchev–Trinajstić information content (AvgIpc) is 2.54. The zero-order valence-corrected chi connectivity index (χ0v) is 13.7. The SMILES string of the molecule is CC(=O)N(C(=O)COc1ccc(C(C)C)cc1)c1ccccc1. The Morgan fingerprint density at radius 3 is 2.13 bits per heavy atom. The number of hydrogen-bond donors (Lipinski definition) is 0. The zero-order chi connectivity index (χ0) is 16.8. The van der Waals surface area contributed by atoms with Crippen LogP contribution in [0.2, 0.25) is 0 Å². The molecule has 4 nitrogen and oxygen atoms in total. The molecule has 2 amide bonds. The predicted molar refractivity (Wildman–Crippen MR) is 90.6 cm³/mol. The summed E-state index contributed by atoms with van der Waals surface area (Å²) in [5.41, 5.74) is 1.75. The highest BCUT2D eigenvalue weighted by molar-refractivity contribution is 6.14. The minimum absolute atomic E-state index is 0.185. The van der Waals surface area contributed by atoms with Gasteiger partial charge in [-0.2, -0.15) is 0 Å². The second kappa shape index (κ2) is 7.58. The van der Waals surface area contributed by atoms with Crippen LogP contribution in [-0.4, -0.2) is 18.4 Å². The van der Waals surface area contributed by atoms with E-state index in [0.29, 0.717) is 17.4 Å². The summed E-state index contributed by atoms with van der Waals surface area (Å²) in [5, 5.41) is 0. The molecule has 0 bridgehead atoms. The van der Waals surface area contributed by atoms with Crippen LogP contribution in [-0.2, 0) is 9.59 Å². The lowest BCUT2D eigenvalue weighted by Crippen LogP contribution is -2.38. The van der Waals surface area contributed by atoms with Crippen LogP contribution in [0.1, 0.15) is 32.3 Å². The van der Waals surface area contributed by atoms with Crippen molar-refractivity contribution < 1.29 is 14.3 Å². The van der Waals surface area contributed by atoms with Gasteiger partial charge in [-0.25, -0.2) is 4.90 Å². The van der Waals surface area contributed by atoms with Gasteiger partial charge in [-0.1, -0.05) is 44.2 Å². The topological polar surface area (TPSA) is 46.6 Å². The third kappa shape index (κ3) is 4.42. The molecule has 0 saturated carbocycles. The third-order valence-electron chi connectivity index (χ3n) is 3.49. The molecule has 0 N–H and O–H groups in total. The molecule has 0 aliphatic rings. The Morgan fingerprint density at radius 2 is 1.61 bits per heavy atom. The number of imide groups is 1. The van der Waals surface area contributed by atoms with E-state index in [-0.39, 0.29) is 12.5 Å². The van der Waals surface area contributed by atoms with Gasteiger partial charge in [0, 0.05) is 6.92 Å². The quantitative estimate of drug-likeness (QED) is 0.844. The van der Waals surface area contributed by atoms with E-state index in [9.17, 15) is 9.59 Å². The van der Waals surface area contributed by atoms with Crippen molar-refractivity contribution in [1.82, 2.24) is 0 Å². The fourth-order valence-electron chi connectivity index (χ4n) is 2.24. The van der Waals surface area contributed by atoms with Gasteiger partial charge in [0.25, 0.3) is 5.91 Å². The van der Waals surface area contributed by atoms with Crippen LogP contribution in [0, 0.1) is 0 Å². The molecule has 0 atom stereocenters. The highest BCUT2D eigenvalue weighted by atomic mass is 16.5. The van der Waals surface area contributed by atoms with Gasteiger partial charge in [0.1, 0.15) is 5.75 Å². The molecule has 0 aromatic heterocycles.